The minimum Gasteiger partial charge on any atom is -0.399 e. The van der Waals surface area contributed by atoms with Crippen LogP contribution in [0.3, 0.4) is 0 Å². The molecule has 0 amide bonds. The lowest BCUT2D eigenvalue weighted by Gasteiger charge is -2.25. The molecule has 17 heavy (non-hydrogen) atoms. The van der Waals surface area contributed by atoms with Gasteiger partial charge < -0.3 is 10.8 Å². The molecular formula is C14H22N2O. The summed E-state index contributed by atoms with van der Waals surface area (Å²) in [5.41, 5.74) is 7.94. The van der Waals surface area contributed by atoms with E-state index >= 15 is 0 Å². The van der Waals surface area contributed by atoms with Crippen LogP contribution < -0.4 is 5.73 Å². The third-order valence-corrected chi connectivity index (χ3v) is 3.80. The number of nitrogen functional groups attached to an aromatic ring is 1. The van der Waals surface area contributed by atoms with Crippen LogP contribution >= 0.6 is 0 Å². The molecule has 1 saturated heterocycles. The van der Waals surface area contributed by atoms with Gasteiger partial charge in [-0.05, 0) is 49.9 Å². The van der Waals surface area contributed by atoms with E-state index in [0.29, 0.717) is 18.6 Å². The Morgan fingerprint density at radius 2 is 2.35 bits per heavy atom. The largest absolute Gasteiger partial charge is 0.399 e. The van der Waals surface area contributed by atoms with Gasteiger partial charge in [0.2, 0.25) is 0 Å². The van der Waals surface area contributed by atoms with E-state index in [1.54, 1.807) is 0 Å². The van der Waals surface area contributed by atoms with E-state index in [1.165, 1.54) is 12.0 Å². The molecule has 0 spiro atoms. The number of aliphatic hydroxyl groups is 1. The number of nitrogens with zero attached hydrogens (tertiary/aromatic N) is 1. The van der Waals surface area contributed by atoms with Crippen LogP contribution in [-0.2, 0) is 0 Å². The first-order valence-electron chi connectivity index (χ1n) is 6.41. The molecule has 1 aliphatic rings. The molecule has 0 radical (unpaired) electrons. The van der Waals surface area contributed by atoms with E-state index < -0.39 is 0 Å². The Kier molecular flexibility index (Phi) is 4.02. The summed E-state index contributed by atoms with van der Waals surface area (Å²) < 4.78 is 0. The van der Waals surface area contributed by atoms with Crippen molar-refractivity contribution in [3.05, 3.63) is 29.8 Å². The summed E-state index contributed by atoms with van der Waals surface area (Å²) in [6.07, 6.45) is 2.13. The monoisotopic (exact) mass is 234 g/mol. The van der Waals surface area contributed by atoms with Gasteiger partial charge in [-0.15, -0.1) is 0 Å². The van der Waals surface area contributed by atoms with Crippen molar-refractivity contribution >= 4 is 5.69 Å². The van der Waals surface area contributed by atoms with Gasteiger partial charge in [0.1, 0.15) is 0 Å². The number of hydrogen-bond donors (Lipinski definition) is 2. The number of benzene rings is 1. The molecule has 3 nitrogen and oxygen atoms in total. The summed E-state index contributed by atoms with van der Waals surface area (Å²) in [7, 11) is 0. The normalized spacial score (nSPS) is 22.8. The Labute approximate surface area is 103 Å². The first-order chi connectivity index (χ1) is 8.20. The molecule has 1 fully saturated rings. The van der Waals surface area contributed by atoms with Gasteiger partial charge in [0.05, 0.1) is 0 Å². The van der Waals surface area contributed by atoms with Crippen molar-refractivity contribution in [1.29, 1.82) is 0 Å². The van der Waals surface area contributed by atoms with Crippen molar-refractivity contribution in [1.82, 2.24) is 4.90 Å². The molecule has 3 N–H and O–H groups in total. The zero-order valence-electron chi connectivity index (χ0n) is 10.5. The smallest absolute Gasteiger partial charge is 0.0434 e. The Morgan fingerprint density at radius 3 is 3.06 bits per heavy atom. The zero-order chi connectivity index (χ0) is 12.3. The summed E-state index contributed by atoms with van der Waals surface area (Å²) in [6.45, 7) is 4.76. The summed E-state index contributed by atoms with van der Waals surface area (Å²) in [6, 6.07) is 8.56. The number of hydrogen-bond acceptors (Lipinski definition) is 3. The second-order valence-corrected chi connectivity index (χ2v) is 5.01. The number of rotatable bonds is 4. The molecule has 3 heteroatoms. The average molecular weight is 234 g/mol. The average Bonchev–Trinajstić information content (AvgIpc) is 2.77. The van der Waals surface area contributed by atoms with E-state index in [4.69, 9.17) is 10.8 Å². The molecule has 1 aromatic carbocycles. The fourth-order valence-corrected chi connectivity index (χ4v) is 2.66. The predicted molar refractivity (Wildman–Crippen MR) is 70.7 cm³/mol. The molecule has 2 unspecified atom stereocenters. The molecule has 0 aromatic heterocycles. The van der Waals surface area contributed by atoms with Crippen molar-refractivity contribution in [3.8, 4) is 0 Å². The molecule has 1 aliphatic heterocycles. The maximum atomic E-state index is 8.97. The van der Waals surface area contributed by atoms with Crippen LogP contribution in [0.25, 0.3) is 0 Å². The van der Waals surface area contributed by atoms with Crippen LogP contribution in [0.4, 0.5) is 5.69 Å². The summed E-state index contributed by atoms with van der Waals surface area (Å²) in [5, 5.41) is 8.97. The van der Waals surface area contributed by atoms with Gasteiger partial charge in [0.25, 0.3) is 0 Å². The number of likely N-dealkylation sites (tertiary alicyclic amines) is 1. The predicted octanol–water partition coefficient (Wildman–Crippen LogP) is 2.03. The van der Waals surface area contributed by atoms with Crippen LogP contribution in [-0.4, -0.2) is 29.7 Å². The summed E-state index contributed by atoms with van der Waals surface area (Å²) in [5.74, 6) is 0.656. The van der Waals surface area contributed by atoms with Crippen LogP contribution in [0, 0.1) is 5.92 Å². The molecule has 1 aromatic rings. The van der Waals surface area contributed by atoms with E-state index in [1.807, 2.05) is 12.1 Å². The maximum absolute atomic E-state index is 8.97. The molecule has 2 rings (SSSR count). The van der Waals surface area contributed by atoms with Crippen molar-refractivity contribution < 1.29 is 5.11 Å². The molecule has 94 valence electrons. The maximum Gasteiger partial charge on any atom is 0.0434 e. The fraction of sp³-hybridized carbons (Fsp3) is 0.571. The Morgan fingerprint density at radius 1 is 1.53 bits per heavy atom. The van der Waals surface area contributed by atoms with Crippen LogP contribution in [0.5, 0.6) is 0 Å². The highest BCUT2D eigenvalue weighted by atomic mass is 16.3. The second kappa shape index (κ2) is 5.52. The highest BCUT2D eigenvalue weighted by molar-refractivity contribution is 5.41. The van der Waals surface area contributed by atoms with Gasteiger partial charge in [0, 0.05) is 24.9 Å². The molecular weight excluding hydrogens is 212 g/mol. The SMILES string of the molecule is CC(c1cccc(N)c1)N1CCC(CCO)C1. The van der Waals surface area contributed by atoms with Crippen LogP contribution in [0.2, 0.25) is 0 Å². The second-order valence-electron chi connectivity index (χ2n) is 5.01. The standard InChI is InChI=1S/C14H22N2O/c1-11(13-3-2-4-14(15)9-13)16-7-5-12(10-16)6-8-17/h2-4,9,11-12,17H,5-8,10,15H2,1H3. The lowest BCUT2D eigenvalue weighted by molar-refractivity contribution is 0.229. The molecule has 0 aliphatic carbocycles. The highest BCUT2D eigenvalue weighted by Gasteiger charge is 2.26. The van der Waals surface area contributed by atoms with Gasteiger partial charge >= 0.3 is 0 Å². The van der Waals surface area contributed by atoms with E-state index in [9.17, 15) is 0 Å². The summed E-state index contributed by atoms with van der Waals surface area (Å²) >= 11 is 0. The van der Waals surface area contributed by atoms with E-state index in [0.717, 1.165) is 25.2 Å². The Hall–Kier alpha value is -1.06. The van der Waals surface area contributed by atoms with Gasteiger partial charge in [-0.1, -0.05) is 12.1 Å². The Bertz CT molecular complexity index is 367. The fourth-order valence-electron chi connectivity index (χ4n) is 2.66. The molecule has 2 atom stereocenters. The van der Waals surface area contributed by atoms with E-state index in [-0.39, 0.29) is 0 Å². The van der Waals surface area contributed by atoms with Crippen molar-refractivity contribution in [2.75, 3.05) is 25.4 Å². The molecule has 1 heterocycles. The van der Waals surface area contributed by atoms with Crippen LogP contribution in [0.1, 0.15) is 31.4 Å². The van der Waals surface area contributed by atoms with Gasteiger partial charge in [-0.3, -0.25) is 4.90 Å². The van der Waals surface area contributed by atoms with Gasteiger partial charge in [0.15, 0.2) is 0 Å². The lowest BCUT2D eigenvalue weighted by atomic mass is 10.1. The van der Waals surface area contributed by atoms with Crippen molar-refractivity contribution in [3.63, 3.8) is 0 Å². The third kappa shape index (κ3) is 2.99. The zero-order valence-corrected chi connectivity index (χ0v) is 10.5. The number of anilines is 1. The molecule has 0 saturated carbocycles. The van der Waals surface area contributed by atoms with Crippen LogP contribution in [0.15, 0.2) is 24.3 Å². The minimum absolute atomic E-state index is 0.311. The number of nitrogens with two attached hydrogens (primary N) is 1. The first-order valence-corrected chi connectivity index (χ1v) is 6.41. The first kappa shape index (κ1) is 12.4. The Balaban J connectivity index is 1.99. The van der Waals surface area contributed by atoms with Gasteiger partial charge in [-0.2, -0.15) is 0 Å². The van der Waals surface area contributed by atoms with Crippen molar-refractivity contribution in [2.24, 2.45) is 5.92 Å². The van der Waals surface area contributed by atoms with Gasteiger partial charge in [-0.25, -0.2) is 0 Å². The number of aliphatic hydroxyl groups excluding tert-OH is 1. The quantitative estimate of drug-likeness (QED) is 0.784. The lowest BCUT2D eigenvalue weighted by Crippen LogP contribution is -2.24. The van der Waals surface area contributed by atoms with E-state index in [2.05, 4.69) is 24.0 Å². The summed E-state index contributed by atoms with van der Waals surface area (Å²) in [4.78, 5) is 2.48. The van der Waals surface area contributed by atoms with Crippen molar-refractivity contribution in [2.45, 2.75) is 25.8 Å². The third-order valence-electron chi connectivity index (χ3n) is 3.80. The molecule has 0 bridgehead atoms. The minimum atomic E-state index is 0.311. The highest BCUT2D eigenvalue weighted by Crippen LogP contribution is 2.29. The topological polar surface area (TPSA) is 49.5 Å².